The Morgan fingerprint density at radius 3 is 2.61 bits per heavy atom. The van der Waals surface area contributed by atoms with E-state index < -0.39 is 0 Å². The Balaban J connectivity index is 1.95. The van der Waals surface area contributed by atoms with Gasteiger partial charge in [0.25, 0.3) is 0 Å². The summed E-state index contributed by atoms with van der Waals surface area (Å²) in [7, 11) is 1.75. The van der Waals surface area contributed by atoms with Gasteiger partial charge in [-0.3, -0.25) is 0 Å². The van der Waals surface area contributed by atoms with E-state index in [0.29, 0.717) is 30.4 Å². The van der Waals surface area contributed by atoms with Gasteiger partial charge in [0.2, 0.25) is 11.9 Å². The van der Waals surface area contributed by atoms with Gasteiger partial charge in [-0.2, -0.15) is 15.0 Å². The molecule has 1 aromatic rings. The molecule has 7 nitrogen and oxygen atoms in total. The van der Waals surface area contributed by atoms with E-state index in [2.05, 4.69) is 25.6 Å². The summed E-state index contributed by atoms with van der Waals surface area (Å²) in [5, 5.41) is 15.2. The van der Waals surface area contributed by atoms with Crippen LogP contribution >= 0.6 is 0 Å². The number of anilines is 2. The van der Waals surface area contributed by atoms with E-state index in [-0.39, 0.29) is 6.10 Å². The fraction of sp³-hybridized carbons (Fsp3) is 0.727. The standard InChI is InChI=1S/C11H19N5O2/c1-3-18-11-15-9(12-2)14-10(16-11)13-6-7-4-8(17)5-7/h7-8,17H,3-6H2,1-2H3,(H2,12,13,14,15,16). The lowest BCUT2D eigenvalue weighted by atomic mass is 9.82. The molecule has 0 atom stereocenters. The summed E-state index contributed by atoms with van der Waals surface area (Å²) in [6.45, 7) is 3.16. The third kappa shape index (κ3) is 3.19. The maximum absolute atomic E-state index is 9.21. The Hall–Kier alpha value is -1.63. The maximum atomic E-state index is 9.21. The zero-order valence-electron chi connectivity index (χ0n) is 10.7. The minimum Gasteiger partial charge on any atom is -0.464 e. The quantitative estimate of drug-likeness (QED) is 0.679. The van der Waals surface area contributed by atoms with E-state index in [4.69, 9.17) is 4.74 Å². The van der Waals surface area contributed by atoms with Crippen LogP contribution in [0, 0.1) is 5.92 Å². The molecule has 1 aliphatic carbocycles. The summed E-state index contributed by atoms with van der Waals surface area (Å²) in [4.78, 5) is 12.4. The number of nitrogens with zero attached hydrogens (tertiary/aromatic N) is 3. The molecule has 18 heavy (non-hydrogen) atoms. The first-order valence-corrected chi connectivity index (χ1v) is 6.19. The van der Waals surface area contributed by atoms with Crippen molar-refractivity contribution in [2.75, 3.05) is 30.8 Å². The zero-order valence-corrected chi connectivity index (χ0v) is 10.7. The summed E-state index contributed by atoms with van der Waals surface area (Å²) in [5.74, 6) is 1.47. The molecule has 0 radical (unpaired) electrons. The van der Waals surface area contributed by atoms with Gasteiger partial charge in [-0.25, -0.2) is 0 Å². The molecule has 1 fully saturated rings. The average Bonchev–Trinajstić information content (AvgIpc) is 2.33. The minimum atomic E-state index is -0.137. The summed E-state index contributed by atoms with van der Waals surface area (Å²) in [5.41, 5.74) is 0. The van der Waals surface area contributed by atoms with Crippen molar-refractivity contribution in [2.45, 2.75) is 25.9 Å². The smallest absolute Gasteiger partial charge is 0.323 e. The van der Waals surface area contributed by atoms with Crippen molar-refractivity contribution >= 4 is 11.9 Å². The number of hydrogen-bond donors (Lipinski definition) is 3. The van der Waals surface area contributed by atoms with E-state index >= 15 is 0 Å². The van der Waals surface area contributed by atoms with E-state index in [0.717, 1.165) is 19.4 Å². The van der Waals surface area contributed by atoms with E-state index in [1.165, 1.54) is 0 Å². The Morgan fingerprint density at radius 1 is 1.28 bits per heavy atom. The Kier molecular flexibility index (Phi) is 4.14. The molecule has 0 aliphatic heterocycles. The Labute approximate surface area is 106 Å². The van der Waals surface area contributed by atoms with Crippen LogP contribution in [0.15, 0.2) is 0 Å². The first-order valence-electron chi connectivity index (χ1n) is 6.19. The van der Waals surface area contributed by atoms with Gasteiger partial charge >= 0.3 is 6.01 Å². The van der Waals surface area contributed by atoms with Gasteiger partial charge in [-0.1, -0.05) is 0 Å². The molecular formula is C11H19N5O2. The van der Waals surface area contributed by atoms with Gasteiger partial charge in [0.05, 0.1) is 12.7 Å². The monoisotopic (exact) mass is 253 g/mol. The molecule has 0 saturated heterocycles. The maximum Gasteiger partial charge on any atom is 0.323 e. The fourth-order valence-corrected chi connectivity index (χ4v) is 1.84. The predicted molar refractivity (Wildman–Crippen MR) is 67.8 cm³/mol. The topological polar surface area (TPSA) is 92.2 Å². The SMILES string of the molecule is CCOc1nc(NC)nc(NCC2CC(O)C2)n1. The van der Waals surface area contributed by atoms with Gasteiger partial charge in [-0.15, -0.1) is 0 Å². The summed E-state index contributed by atoms with van der Waals surface area (Å²) in [6, 6.07) is 0.313. The molecule has 0 unspecified atom stereocenters. The molecule has 0 bridgehead atoms. The molecule has 0 spiro atoms. The first-order chi connectivity index (χ1) is 8.71. The molecule has 1 aliphatic rings. The van der Waals surface area contributed by atoms with E-state index in [9.17, 15) is 5.11 Å². The van der Waals surface area contributed by atoms with Crippen LogP contribution in [0.1, 0.15) is 19.8 Å². The van der Waals surface area contributed by atoms with Crippen molar-refractivity contribution in [3.63, 3.8) is 0 Å². The third-order valence-corrected chi connectivity index (χ3v) is 2.87. The third-order valence-electron chi connectivity index (χ3n) is 2.87. The largest absolute Gasteiger partial charge is 0.464 e. The normalized spacial score (nSPS) is 22.2. The second kappa shape index (κ2) is 5.81. The number of aliphatic hydroxyl groups is 1. The van der Waals surface area contributed by atoms with Gasteiger partial charge in [0.15, 0.2) is 0 Å². The van der Waals surface area contributed by atoms with E-state index in [1.54, 1.807) is 7.05 Å². The van der Waals surface area contributed by atoms with Crippen LogP contribution in [0.4, 0.5) is 11.9 Å². The highest BCUT2D eigenvalue weighted by molar-refractivity contribution is 5.35. The molecular weight excluding hydrogens is 234 g/mol. The summed E-state index contributed by atoms with van der Waals surface area (Å²) < 4.78 is 5.27. The van der Waals surface area contributed by atoms with Crippen molar-refractivity contribution in [1.29, 1.82) is 0 Å². The van der Waals surface area contributed by atoms with Crippen molar-refractivity contribution in [2.24, 2.45) is 5.92 Å². The van der Waals surface area contributed by atoms with Crippen LogP contribution in [-0.2, 0) is 0 Å². The average molecular weight is 253 g/mol. The van der Waals surface area contributed by atoms with Crippen LogP contribution < -0.4 is 15.4 Å². The highest BCUT2D eigenvalue weighted by Crippen LogP contribution is 2.27. The van der Waals surface area contributed by atoms with Crippen LogP contribution in [-0.4, -0.2) is 46.4 Å². The molecule has 0 amide bonds. The number of ether oxygens (including phenoxy) is 1. The van der Waals surface area contributed by atoms with E-state index in [1.807, 2.05) is 6.92 Å². The molecule has 1 heterocycles. The molecule has 3 N–H and O–H groups in total. The minimum absolute atomic E-state index is 0.137. The Morgan fingerprint density at radius 2 is 2.00 bits per heavy atom. The van der Waals surface area contributed by atoms with Crippen LogP contribution in [0.3, 0.4) is 0 Å². The van der Waals surface area contributed by atoms with Crippen LogP contribution in [0.25, 0.3) is 0 Å². The lowest BCUT2D eigenvalue weighted by Gasteiger charge is -2.31. The van der Waals surface area contributed by atoms with Crippen molar-refractivity contribution in [3.05, 3.63) is 0 Å². The lowest BCUT2D eigenvalue weighted by molar-refractivity contribution is 0.0486. The van der Waals surface area contributed by atoms with Crippen molar-refractivity contribution < 1.29 is 9.84 Å². The summed E-state index contributed by atoms with van der Waals surface area (Å²) in [6.07, 6.45) is 1.55. The highest BCUT2D eigenvalue weighted by Gasteiger charge is 2.26. The second-order valence-electron chi connectivity index (χ2n) is 4.32. The lowest BCUT2D eigenvalue weighted by Crippen LogP contribution is -2.33. The second-order valence-corrected chi connectivity index (χ2v) is 4.32. The first kappa shape index (κ1) is 12.8. The van der Waals surface area contributed by atoms with Crippen LogP contribution in [0.5, 0.6) is 6.01 Å². The van der Waals surface area contributed by atoms with Crippen molar-refractivity contribution in [1.82, 2.24) is 15.0 Å². The Bertz CT molecular complexity index is 395. The number of aliphatic hydroxyl groups excluding tert-OH is 1. The molecule has 100 valence electrons. The molecule has 0 aromatic carbocycles. The number of hydrogen-bond acceptors (Lipinski definition) is 7. The van der Waals surface area contributed by atoms with Crippen molar-refractivity contribution in [3.8, 4) is 6.01 Å². The van der Waals surface area contributed by atoms with Gasteiger partial charge in [-0.05, 0) is 25.7 Å². The number of aromatic nitrogens is 3. The summed E-state index contributed by atoms with van der Waals surface area (Å²) >= 11 is 0. The molecule has 1 saturated carbocycles. The molecule has 1 aromatic heterocycles. The predicted octanol–water partition coefficient (Wildman–Crippen LogP) is 0.495. The number of nitrogens with one attached hydrogen (secondary N) is 2. The fourth-order valence-electron chi connectivity index (χ4n) is 1.84. The highest BCUT2D eigenvalue weighted by atomic mass is 16.5. The van der Waals surface area contributed by atoms with Gasteiger partial charge in [0.1, 0.15) is 0 Å². The zero-order chi connectivity index (χ0) is 13.0. The van der Waals surface area contributed by atoms with Crippen LogP contribution in [0.2, 0.25) is 0 Å². The molecule has 2 rings (SSSR count). The van der Waals surface area contributed by atoms with Gasteiger partial charge in [0, 0.05) is 13.6 Å². The number of rotatable bonds is 6. The van der Waals surface area contributed by atoms with Gasteiger partial charge < -0.3 is 20.5 Å². The molecule has 7 heteroatoms.